The third kappa shape index (κ3) is 4.91. The highest BCUT2D eigenvalue weighted by Crippen LogP contribution is 2.17. The number of aryl methyl sites for hydroxylation is 3. The first-order valence-corrected chi connectivity index (χ1v) is 7.53. The molecule has 0 aliphatic heterocycles. The zero-order chi connectivity index (χ0) is 15.9. The van der Waals surface area contributed by atoms with E-state index in [0.29, 0.717) is 6.54 Å². The van der Waals surface area contributed by atoms with Crippen molar-refractivity contribution in [3.8, 4) is 5.75 Å². The van der Waals surface area contributed by atoms with Crippen molar-refractivity contribution in [1.82, 2.24) is 14.9 Å². The second-order valence-corrected chi connectivity index (χ2v) is 5.53. The maximum atomic E-state index is 12.0. The number of nitrogens with zero attached hydrogens (tertiary/aromatic N) is 2. The van der Waals surface area contributed by atoms with Gasteiger partial charge in [0.25, 0.3) is 5.91 Å². The van der Waals surface area contributed by atoms with E-state index in [-0.39, 0.29) is 5.91 Å². The van der Waals surface area contributed by atoms with Crippen molar-refractivity contribution in [3.05, 3.63) is 48.0 Å². The summed E-state index contributed by atoms with van der Waals surface area (Å²) in [6, 6.07) is 5.96. The Balaban J connectivity index is 1.74. The van der Waals surface area contributed by atoms with E-state index in [1.807, 2.05) is 36.7 Å². The van der Waals surface area contributed by atoms with Crippen LogP contribution in [0.25, 0.3) is 0 Å². The first-order valence-electron chi connectivity index (χ1n) is 7.53. The summed E-state index contributed by atoms with van der Waals surface area (Å²) >= 11 is 0. The van der Waals surface area contributed by atoms with Crippen LogP contribution in [-0.4, -0.2) is 28.1 Å². The third-order valence-corrected chi connectivity index (χ3v) is 3.33. The fourth-order valence-corrected chi connectivity index (χ4v) is 2.29. The van der Waals surface area contributed by atoms with Gasteiger partial charge >= 0.3 is 0 Å². The van der Waals surface area contributed by atoms with Crippen LogP contribution >= 0.6 is 0 Å². The smallest absolute Gasteiger partial charge is 0.260 e. The van der Waals surface area contributed by atoms with Gasteiger partial charge in [0.2, 0.25) is 0 Å². The first-order chi connectivity index (χ1) is 10.5. The Morgan fingerprint density at radius 3 is 2.68 bits per heavy atom. The van der Waals surface area contributed by atoms with Gasteiger partial charge in [0.15, 0.2) is 6.10 Å². The van der Waals surface area contributed by atoms with E-state index < -0.39 is 6.10 Å². The second-order valence-electron chi connectivity index (χ2n) is 5.53. The standard InChI is InChI=1S/C17H23N3O2/c1-13-9-14(2)11-16(10-13)22-15(3)17(21)19-5-4-7-20-8-6-18-12-20/h6,8-12,15H,4-5,7H2,1-3H3,(H,19,21)/t15-/m0/s1. The number of benzene rings is 1. The van der Waals surface area contributed by atoms with Crippen LogP contribution in [0, 0.1) is 13.8 Å². The summed E-state index contributed by atoms with van der Waals surface area (Å²) in [5, 5.41) is 2.90. The molecule has 0 saturated heterocycles. The molecule has 1 N–H and O–H groups in total. The van der Waals surface area contributed by atoms with Gasteiger partial charge in [-0.25, -0.2) is 4.98 Å². The summed E-state index contributed by atoms with van der Waals surface area (Å²) in [7, 11) is 0. The summed E-state index contributed by atoms with van der Waals surface area (Å²) in [6.45, 7) is 7.26. The number of amides is 1. The quantitative estimate of drug-likeness (QED) is 0.799. The highest BCUT2D eigenvalue weighted by molar-refractivity contribution is 5.80. The van der Waals surface area contributed by atoms with Gasteiger partial charge in [-0.2, -0.15) is 0 Å². The molecule has 0 aliphatic carbocycles. The average Bonchev–Trinajstić information content (AvgIpc) is 2.95. The average molecular weight is 301 g/mol. The van der Waals surface area contributed by atoms with Crippen molar-refractivity contribution in [1.29, 1.82) is 0 Å². The molecule has 1 aromatic carbocycles. The molecule has 1 atom stereocenters. The van der Waals surface area contributed by atoms with Gasteiger partial charge in [0.1, 0.15) is 5.75 Å². The predicted molar refractivity (Wildman–Crippen MR) is 85.9 cm³/mol. The summed E-state index contributed by atoms with van der Waals surface area (Å²) in [6.07, 6.45) is 5.78. The van der Waals surface area contributed by atoms with E-state index >= 15 is 0 Å². The van der Waals surface area contributed by atoms with E-state index in [4.69, 9.17) is 4.74 Å². The molecule has 118 valence electrons. The van der Waals surface area contributed by atoms with Crippen LogP contribution in [0.4, 0.5) is 0 Å². The summed E-state index contributed by atoms with van der Waals surface area (Å²) in [5.74, 6) is 0.642. The number of carbonyl (C=O) groups excluding carboxylic acids is 1. The summed E-state index contributed by atoms with van der Waals surface area (Å²) in [4.78, 5) is 16.0. The first kappa shape index (κ1) is 16.1. The zero-order valence-corrected chi connectivity index (χ0v) is 13.4. The third-order valence-electron chi connectivity index (χ3n) is 3.33. The molecule has 0 spiro atoms. The lowest BCUT2D eigenvalue weighted by molar-refractivity contribution is -0.127. The minimum absolute atomic E-state index is 0.0928. The Morgan fingerprint density at radius 1 is 1.32 bits per heavy atom. The van der Waals surface area contributed by atoms with Crippen LogP contribution in [0.1, 0.15) is 24.5 Å². The molecule has 0 aliphatic rings. The molecule has 1 amide bonds. The molecule has 0 fully saturated rings. The number of aromatic nitrogens is 2. The van der Waals surface area contributed by atoms with Crippen LogP contribution in [0.3, 0.4) is 0 Å². The van der Waals surface area contributed by atoms with E-state index in [2.05, 4.69) is 16.4 Å². The molecule has 2 rings (SSSR count). The van der Waals surface area contributed by atoms with E-state index in [9.17, 15) is 4.79 Å². The van der Waals surface area contributed by atoms with Crippen molar-refractivity contribution >= 4 is 5.91 Å². The minimum Gasteiger partial charge on any atom is -0.481 e. The number of ether oxygens (including phenoxy) is 1. The largest absolute Gasteiger partial charge is 0.481 e. The zero-order valence-electron chi connectivity index (χ0n) is 13.4. The number of imidazole rings is 1. The van der Waals surface area contributed by atoms with Crippen molar-refractivity contribution in [3.63, 3.8) is 0 Å². The van der Waals surface area contributed by atoms with Gasteiger partial charge in [-0.3, -0.25) is 4.79 Å². The number of nitrogens with one attached hydrogen (secondary N) is 1. The number of hydrogen-bond acceptors (Lipinski definition) is 3. The van der Waals surface area contributed by atoms with Crippen LogP contribution in [0.2, 0.25) is 0 Å². The fourth-order valence-electron chi connectivity index (χ4n) is 2.29. The van der Waals surface area contributed by atoms with Crippen LogP contribution in [-0.2, 0) is 11.3 Å². The van der Waals surface area contributed by atoms with E-state index in [1.165, 1.54) is 0 Å². The van der Waals surface area contributed by atoms with Gasteiger partial charge in [0.05, 0.1) is 6.33 Å². The topological polar surface area (TPSA) is 56.1 Å². The van der Waals surface area contributed by atoms with Crippen molar-refractivity contribution in [2.24, 2.45) is 0 Å². The Bertz CT molecular complexity index is 588. The molecule has 1 aromatic heterocycles. The molecule has 5 nitrogen and oxygen atoms in total. The Labute approximate surface area is 131 Å². The van der Waals surface area contributed by atoms with Crippen LogP contribution in [0.15, 0.2) is 36.9 Å². The molecule has 22 heavy (non-hydrogen) atoms. The highest BCUT2D eigenvalue weighted by atomic mass is 16.5. The summed E-state index contributed by atoms with van der Waals surface area (Å²) < 4.78 is 7.70. The lowest BCUT2D eigenvalue weighted by Crippen LogP contribution is -2.37. The maximum Gasteiger partial charge on any atom is 0.260 e. The number of hydrogen-bond donors (Lipinski definition) is 1. The monoisotopic (exact) mass is 301 g/mol. The van der Waals surface area contributed by atoms with E-state index in [1.54, 1.807) is 19.4 Å². The molecule has 2 aromatic rings. The predicted octanol–water partition coefficient (Wildman–Crippen LogP) is 2.47. The van der Waals surface area contributed by atoms with Gasteiger partial charge in [-0.05, 0) is 50.5 Å². The van der Waals surface area contributed by atoms with Crippen LogP contribution in [0.5, 0.6) is 5.75 Å². The van der Waals surface area contributed by atoms with Gasteiger partial charge in [-0.1, -0.05) is 6.07 Å². The Morgan fingerprint density at radius 2 is 2.05 bits per heavy atom. The van der Waals surface area contributed by atoms with Gasteiger partial charge in [0, 0.05) is 25.5 Å². The second kappa shape index (κ2) is 7.64. The minimum atomic E-state index is -0.505. The SMILES string of the molecule is Cc1cc(C)cc(O[C@@H](C)C(=O)NCCCn2ccnc2)c1. The normalized spacial score (nSPS) is 12.0. The maximum absolute atomic E-state index is 12.0. The number of rotatable bonds is 7. The van der Waals surface area contributed by atoms with Crippen molar-refractivity contribution < 1.29 is 9.53 Å². The van der Waals surface area contributed by atoms with Crippen LogP contribution < -0.4 is 10.1 Å². The molecule has 1 heterocycles. The van der Waals surface area contributed by atoms with E-state index in [0.717, 1.165) is 29.8 Å². The van der Waals surface area contributed by atoms with Gasteiger partial charge < -0.3 is 14.6 Å². The fraction of sp³-hybridized carbons (Fsp3) is 0.412. The lowest BCUT2D eigenvalue weighted by Gasteiger charge is -2.15. The van der Waals surface area contributed by atoms with Crippen molar-refractivity contribution in [2.45, 2.75) is 39.8 Å². The molecule has 0 unspecified atom stereocenters. The molecule has 0 radical (unpaired) electrons. The van der Waals surface area contributed by atoms with Gasteiger partial charge in [-0.15, -0.1) is 0 Å². The molecule has 0 saturated carbocycles. The summed E-state index contributed by atoms with van der Waals surface area (Å²) in [5.41, 5.74) is 2.26. The molecular weight excluding hydrogens is 278 g/mol. The molecular formula is C17H23N3O2. The molecule has 5 heteroatoms. The Kier molecular flexibility index (Phi) is 5.58. The lowest BCUT2D eigenvalue weighted by atomic mass is 10.1. The highest BCUT2D eigenvalue weighted by Gasteiger charge is 2.14. The number of carbonyl (C=O) groups is 1. The Hall–Kier alpha value is -2.30. The molecule has 0 bridgehead atoms. The van der Waals surface area contributed by atoms with Crippen molar-refractivity contribution in [2.75, 3.05) is 6.54 Å².